The molecule has 7 nitrogen and oxygen atoms in total. The van der Waals surface area contributed by atoms with Crippen molar-refractivity contribution in [3.05, 3.63) is 102 Å². The number of fused-ring (bicyclic) bond motifs is 1. The Balaban J connectivity index is 1.28. The zero-order valence-corrected chi connectivity index (χ0v) is 18.2. The van der Waals surface area contributed by atoms with Crippen molar-refractivity contribution >= 4 is 23.2 Å². The monoisotopic (exact) mass is 437 g/mol. The Labute approximate surface area is 191 Å². The van der Waals surface area contributed by atoms with E-state index in [1.54, 1.807) is 29.2 Å². The zero-order valence-electron chi connectivity index (χ0n) is 18.2. The molecule has 3 heterocycles. The minimum absolute atomic E-state index is 0.0549. The van der Waals surface area contributed by atoms with E-state index in [2.05, 4.69) is 21.5 Å². The van der Waals surface area contributed by atoms with Gasteiger partial charge < -0.3 is 10.2 Å². The number of rotatable bonds is 5. The summed E-state index contributed by atoms with van der Waals surface area (Å²) in [5, 5.41) is 7.26. The normalized spacial score (nSPS) is 12.5. The molecule has 5 rings (SSSR count). The molecule has 1 aliphatic rings. The Hall–Kier alpha value is -4.26. The molecular weight excluding hydrogens is 414 g/mol. The van der Waals surface area contributed by atoms with E-state index in [1.807, 2.05) is 60.5 Å². The van der Waals surface area contributed by atoms with Gasteiger partial charge >= 0.3 is 0 Å². The molecule has 2 aromatic carbocycles. The van der Waals surface area contributed by atoms with Crippen LogP contribution < -0.4 is 10.2 Å². The summed E-state index contributed by atoms with van der Waals surface area (Å²) in [5.74, 6) is -0.169. The van der Waals surface area contributed by atoms with Gasteiger partial charge in [-0.25, -0.2) is 4.68 Å². The summed E-state index contributed by atoms with van der Waals surface area (Å²) >= 11 is 0. The van der Waals surface area contributed by atoms with Crippen molar-refractivity contribution in [3.8, 4) is 5.69 Å². The van der Waals surface area contributed by atoms with Crippen molar-refractivity contribution in [1.29, 1.82) is 0 Å². The minimum Gasteiger partial charge on any atom is -0.321 e. The molecule has 0 fully saturated rings. The first kappa shape index (κ1) is 20.6. The fraction of sp³-hybridized carbons (Fsp3) is 0.154. The Bertz CT molecular complexity index is 1330. The fourth-order valence-electron chi connectivity index (χ4n) is 3.99. The Morgan fingerprint density at radius 1 is 1.03 bits per heavy atom. The lowest BCUT2D eigenvalue weighted by Gasteiger charge is -2.16. The first-order chi connectivity index (χ1) is 16.1. The van der Waals surface area contributed by atoms with E-state index in [0.29, 0.717) is 17.8 Å². The number of amides is 2. The van der Waals surface area contributed by atoms with Crippen molar-refractivity contribution in [1.82, 2.24) is 14.8 Å². The number of anilines is 2. The van der Waals surface area contributed by atoms with E-state index in [0.717, 1.165) is 29.1 Å². The van der Waals surface area contributed by atoms with Crippen molar-refractivity contribution < 1.29 is 9.59 Å². The number of carbonyl (C=O) groups excluding carboxylic acids is 2. The van der Waals surface area contributed by atoms with E-state index in [-0.39, 0.29) is 18.2 Å². The standard InChI is InChI=1S/C26H23N5O2/c1-18-9-10-22(16-27-18)29-26(33)21-6-4-7-23(14-21)31-17-19(15-28-31)13-25(32)30-12-11-20-5-2-3-8-24(20)30/h2-10,14-17H,11-13H2,1H3,(H,29,33). The molecule has 0 unspecified atom stereocenters. The molecule has 1 N–H and O–H groups in total. The summed E-state index contributed by atoms with van der Waals surface area (Å²) in [6, 6.07) is 18.9. The van der Waals surface area contributed by atoms with Gasteiger partial charge in [-0.2, -0.15) is 5.10 Å². The van der Waals surface area contributed by atoms with Gasteiger partial charge in [-0.1, -0.05) is 24.3 Å². The quantitative estimate of drug-likeness (QED) is 0.513. The van der Waals surface area contributed by atoms with Gasteiger partial charge in [-0.05, 0) is 60.9 Å². The van der Waals surface area contributed by atoms with Crippen molar-refractivity contribution in [2.24, 2.45) is 0 Å². The van der Waals surface area contributed by atoms with Crippen molar-refractivity contribution in [3.63, 3.8) is 0 Å². The molecule has 0 bridgehead atoms. The van der Waals surface area contributed by atoms with E-state index < -0.39 is 0 Å². The summed E-state index contributed by atoms with van der Waals surface area (Å²) < 4.78 is 1.69. The van der Waals surface area contributed by atoms with Crippen LogP contribution in [0.5, 0.6) is 0 Å². The maximum Gasteiger partial charge on any atom is 0.255 e. The topological polar surface area (TPSA) is 80.1 Å². The van der Waals surface area contributed by atoms with Gasteiger partial charge in [0, 0.05) is 29.7 Å². The SMILES string of the molecule is Cc1ccc(NC(=O)c2cccc(-n3cc(CC(=O)N4CCc5ccccc54)cn3)c2)cn1. The number of aryl methyl sites for hydroxylation is 1. The molecule has 2 aromatic heterocycles. The molecule has 0 atom stereocenters. The highest BCUT2D eigenvalue weighted by molar-refractivity contribution is 6.04. The second-order valence-electron chi connectivity index (χ2n) is 8.09. The number of benzene rings is 2. The lowest BCUT2D eigenvalue weighted by atomic mass is 10.1. The molecule has 0 saturated carbocycles. The third-order valence-electron chi connectivity index (χ3n) is 5.72. The molecule has 164 valence electrons. The third kappa shape index (κ3) is 4.39. The summed E-state index contributed by atoms with van der Waals surface area (Å²) in [6.07, 6.45) is 6.32. The predicted molar refractivity (Wildman–Crippen MR) is 127 cm³/mol. The maximum atomic E-state index is 12.9. The van der Waals surface area contributed by atoms with Gasteiger partial charge in [0.05, 0.1) is 30.2 Å². The van der Waals surface area contributed by atoms with Gasteiger partial charge in [0.2, 0.25) is 5.91 Å². The van der Waals surface area contributed by atoms with Gasteiger partial charge in [0.1, 0.15) is 0 Å². The summed E-state index contributed by atoms with van der Waals surface area (Å²) in [5.41, 5.74) is 5.81. The summed E-state index contributed by atoms with van der Waals surface area (Å²) in [4.78, 5) is 31.6. The van der Waals surface area contributed by atoms with Crippen LogP contribution in [0.15, 0.2) is 79.3 Å². The second-order valence-corrected chi connectivity index (χ2v) is 8.09. The largest absolute Gasteiger partial charge is 0.321 e. The van der Waals surface area contributed by atoms with Crippen LogP contribution in [0.3, 0.4) is 0 Å². The average Bonchev–Trinajstić information content (AvgIpc) is 3.48. The van der Waals surface area contributed by atoms with Gasteiger partial charge in [0.25, 0.3) is 5.91 Å². The number of hydrogen-bond donors (Lipinski definition) is 1. The van der Waals surface area contributed by atoms with Crippen LogP contribution in [0.1, 0.15) is 27.2 Å². The summed E-state index contributed by atoms with van der Waals surface area (Å²) in [7, 11) is 0. The zero-order chi connectivity index (χ0) is 22.8. The van der Waals surface area contributed by atoms with E-state index in [1.165, 1.54) is 5.56 Å². The highest BCUT2D eigenvalue weighted by atomic mass is 16.2. The van der Waals surface area contributed by atoms with Gasteiger partial charge in [-0.3, -0.25) is 14.6 Å². The van der Waals surface area contributed by atoms with Crippen LogP contribution in [-0.2, 0) is 17.6 Å². The number of nitrogens with one attached hydrogen (secondary N) is 1. The lowest BCUT2D eigenvalue weighted by Crippen LogP contribution is -2.30. The van der Waals surface area contributed by atoms with Crippen molar-refractivity contribution in [2.75, 3.05) is 16.8 Å². The number of para-hydroxylation sites is 1. The predicted octanol–water partition coefficient (Wildman–Crippen LogP) is 3.96. The summed E-state index contributed by atoms with van der Waals surface area (Å²) in [6.45, 7) is 2.60. The molecule has 0 radical (unpaired) electrons. The number of hydrogen-bond acceptors (Lipinski definition) is 4. The average molecular weight is 438 g/mol. The molecule has 2 amide bonds. The highest BCUT2D eigenvalue weighted by Gasteiger charge is 2.24. The molecular formula is C26H23N5O2. The van der Waals surface area contributed by atoms with E-state index in [9.17, 15) is 9.59 Å². The highest BCUT2D eigenvalue weighted by Crippen LogP contribution is 2.28. The van der Waals surface area contributed by atoms with E-state index in [4.69, 9.17) is 0 Å². The van der Waals surface area contributed by atoms with Crippen LogP contribution in [-0.4, -0.2) is 33.1 Å². The Kier molecular flexibility index (Phi) is 5.44. The minimum atomic E-state index is -0.224. The van der Waals surface area contributed by atoms with Crippen LogP contribution >= 0.6 is 0 Å². The lowest BCUT2D eigenvalue weighted by molar-refractivity contribution is -0.117. The number of aromatic nitrogens is 3. The van der Waals surface area contributed by atoms with Gasteiger partial charge in [0.15, 0.2) is 0 Å². The van der Waals surface area contributed by atoms with Crippen LogP contribution in [0.2, 0.25) is 0 Å². The molecule has 33 heavy (non-hydrogen) atoms. The molecule has 0 saturated heterocycles. The molecule has 1 aliphatic heterocycles. The Morgan fingerprint density at radius 2 is 1.91 bits per heavy atom. The first-order valence-corrected chi connectivity index (χ1v) is 10.8. The number of carbonyl (C=O) groups is 2. The third-order valence-corrected chi connectivity index (χ3v) is 5.72. The maximum absolute atomic E-state index is 12.9. The van der Waals surface area contributed by atoms with Crippen LogP contribution in [0.4, 0.5) is 11.4 Å². The Morgan fingerprint density at radius 3 is 2.76 bits per heavy atom. The first-order valence-electron chi connectivity index (χ1n) is 10.8. The number of pyridine rings is 1. The second kappa shape index (κ2) is 8.70. The molecule has 0 spiro atoms. The molecule has 7 heteroatoms. The molecule has 0 aliphatic carbocycles. The van der Waals surface area contributed by atoms with Crippen LogP contribution in [0.25, 0.3) is 5.69 Å². The van der Waals surface area contributed by atoms with Gasteiger partial charge in [-0.15, -0.1) is 0 Å². The number of nitrogens with zero attached hydrogens (tertiary/aromatic N) is 4. The van der Waals surface area contributed by atoms with Crippen molar-refractivity contribution in [2.45, 2.75) is 19.8 Å². The molecule has 4 aromatic rings. The fourth-order valence-corrected chi connectivity index (χ4v) is 3.99. The van der Waals surface area contributed by atoms with E-state index >= 15 is 0 Å². The van der Waals surface area contributed by atoms with Crippen LogP contribution in [0, 0.1) is 6.92 Å². The smallest absolute Gasteiger partial charge is 0.255 e.